The molecule has 0 aliphatic heterocycles. The van der Waals surface area contributed by atoms with Crippen molar-refractivity contribution in [1.29, 1.82) is 0 Å². The highest BCUT2D eigenvalue weighted by Crippen LogP contribution is 2.18. The predicted molar refractivity (Wildman–Crippen MR) is 92.5 cm³/mol. The van der Waals surface area contributed by atoms with Gasteiger partial charge in [0.25, 0.3) is 0 Å². The van der Waals surface area contributed by atoms with E-state index < -0.39 is 0 Å². The minimum atomic E-state index is -0.326. The molecule has 1 aromatic carbocycles. The van der Waals surface area contributed by atoms with Gasteiger partial charge in [-0.15, -0.1) is 11.8 Å². The molecule has 0 bridgehead atoms. The minimum absolute atomic E-state index is 0.125. The Morgan fingerprint density at radius 3 is 2.27 bits per heavy atom. The van der Waals surface area contributed by atoms with E-state index in [1.54, 1.807) is 20.8 Å². The summed E-state index contributed by atoms with van der Waals surface area (Å²) in [5, 5.41) is 2.52. The fourth-order valence-corrected chi connectivity index (χ4v) is 2.32. The lowest BCUT2D eigenvalue weighted by Crippen LogP contribution is -2.24. The summed E-state index contributed by atoms with van der Waals surface area (Å²) >= 11 is 1.27. The number of hydrogen-bond donors (Lipinski definition) is 1. The van der Waals surface area contributed by atoms with Crippen LogP contribution in [-0.4, -0.2) is 43.1 Å². The molecule has 1 atom stereocenters. The Hall–Kier alpha value is -1.69. The molecule has 0 radical (unpaired) electrons. The van der Waals surface area contributed by atoms with Crippen molar-refractivity contribution in [1.82, 2.24) is 0 Å². The number of ether oxygens (including phenoxy) is 1. The normalized spacial score (nSPS) is 11.9. The van der Waals surface area contributed by atoms with Gasteiger partial charge in [-0.3, -0.25) is 9.59 Å². The first-order valence-electron chi connectivity index (χ1n) is 7.19. The van der Waals surface area contributed by atoms with E-state index >= 15 is 0 Å². The van der Waals surface area contributed by atoms with Gasteiger partial charge in [0, 0.05) is 25.5 Å². The number of carbonyl (C=O) groups excluding carboxylic acids is 2. The smallest absolute Gasteiger partial charge is 0.316 e. The Kier molecular flexibility index (Phi) is 7.24. The van der Waals surface area contributed by atoms with Gasteiger partial charge in [-0.1, -0.05) is 0 Å². The van der Waals surface area contributed by atoms with Gasteiger partial charge < -0.3 is 15.0 Å². The second-order valence-corrected chi connectivity index (χ2v) is 6.75. The summed E-state index contributed by atoms with van der Waals surface area (Å²) in [5.41, 5.74) is 1.81. The molecule has 0 aliphatic rings. The average molecular weight is 324 g/mol. The summed E-state index contributed by atoms with van der Waals surface area (Å²) in [6.07, 6.45) is -0.132. The van der Waals surface area contributed by atoms with Crippen molar-refractivity contribution >= 4 is 35.0 Å². The molecule has 0 spiro atoms. The largest absolute Gasteiger partial charge is 0.462 e. The number of amides is 1. The zero-order valence-corrected chi connectivity index (χ0v) is 14.6. The summed E-state index contributed by atoms with van der Waals surface area (Å²) in [6, 6.07) is 7.59. The number of thioether (sulfide) groups is 1. The number of carbonyl (C=O) groups is 2. The van der Waals surface area contributed by atoms with Crippen LogP contribution >= 0.6 is 11.8 Å². The van der Waals surface area contributed by atoms with Crippen molar-refractivity contribution in [2.45, 2.75) is 32.1 Å². The van der Waals surface area contributed by atoms with Crippen molar-refractivity contribution in [3.63, 3.8) is 0 Å². The zero-order valence-electron chi connectivity index (χ0n) is 13.8. The van der Waals surface area contributed by atoms with Gasteiger partial charge >= 0.3 is 5.97 Å². The van der Waals surface area contributed by atoms with Crippen LogP contribution in [0.25, 0.3) is 0 Å². The molecule has 1 unspecified atom stereocenters. The van der Waals surface area contributed by atoms with Gasteiger partial charge in [0.2, 0.25) is 5.91 Å². The molecule has 0 aliphatic carbocycles. The highest BCUT2D eigenvalue weighted by atomic mass is 32.2. The van der Waals surface area contributed by atoms with E-state index in [1.165, 1.54) is 11.8 Å². The monoisotopic (exact) mass is 324 g/mol. The molecule has 0 aromatic heterocycles. The van der Waals surface area contributed by atoms with Crippen LogP contribution in [0.4, 0.5) is 11.4 Å². The van der Waals surface area contributed by atoms with Gasteiger partial charge in [-0.05, 0) is 45.0 Å². The first kappa shape index (κ1) is 18.4. The van der Waals surface area contributed by atoms with Crippen LogP contribution < -0.4 is 10.2 Å². The van der Waals surface area contributed by atoms with Crippen LogP contribution in [0, 0.1) is 0 Å². The highest BCUT2D eigenvalue weighted by molar-refractivity contribution is 8.01. The molecule has 0 heterocycles. The number of rotatable bonds is 7. The Labute approximate surface area is 136 Å². The zero-order chi connectivity index (χ0) is 16.7. The van der Waals surface area contributed by atoms with E-state index in [0.717, 1.165) is 11.4 Å². The van der Waals surface area contributed by atoms with Gasteiger partial charge in [-0.25, -0.2) is 0 Å². The Bertz CT molecular complexity index is 501. The van der Waals surface area contributed by atoms with Crippen LogP contribution in [0.1, 0.15) is 20.8 Å². The van der Waals surface area contributed by atoms with E-state index in [2.05, 4.69) is 5.32 Å². The fraction of sp³-hybridized carbons (Fsp3) is 0.500. The third-order valence-electron chi connectivity index (χ3n) is 2.84. The number of nitrogens with zero attached hydrogens (tertiary/aromatic N) is 1. The summed E-state index contributed by atoms with van der Waals surface area (Å²) < 4.78 is 5.04. The molecular weight excluding hydrogens is 300 g/mol. The van der Waals surface area contributed by atoms with E-state index in [1.807, 2.05) is 43.3 Å². The maximum absolute atomic E-state index is 12.1. The number of benzene rings is 1. The molecule has 1 aromatic rings. The lowest BCUT2D eigenvalue weighted by molar-refractivity contribution is -0.144. The summed E-state index contributed by atoms with van der Waals surface area (Å²) in [4.78, 5) is 25.5. The number of anilines is 2. The van der Waals surface area contributed by atoms with Gasteiger partial charge in [0.1, 0.15) is 0 Å². The molecule has 6 heteroatoms. The van der Waals surface area contributed by atoms with Crippen LogP contribution in [0.3, 0.4) is 0 Å². The molecule has 1 rings (SSSR count). The van der Waals surface area contributed by atoms with E-state index in [0.29, 0.717) is 0 Å². The van der Waals surface area contributed by atoms with Gasteiger partial charge in [-0.2, -0.15) is 0 Å². The number of nitrogens with one attached hydrogen (secondary N) is 1. The predicted octanol–water partition coefficient (Wildman–Crippen LogP) is 2.76. The molecular formula is C16H24N2O3S. The van der Waals surface area contributed by atoms with Crippen LogP contribution in [-0.2, 0) is 14.3 Å². The van der Waals surface area contributed by atoms with Crippen molar-refractivity contribution in [2.75, 3.05) is 30.1 Å². The molecule has 1 N–H and O–H groups in total. The fourth-order valence-electron chi connectivity index (χ4n) is 1.65. The van der Waals surface area contributed by atoms with E-state index in [4.69, 9.17) is 4.74 Å². The van der Waals surface area contributed by atoms with Gasteiger partial charge in [0.15, 0.2) is 0 Å². The number of hydrogen-bond acceptors (Lipinski definition) is 5. The van der Waals surface area contributed by atoms with Crippen molar-refractivity contribution in [3.8, 4) is 0 Å². The van der Waals surface area contributed by atoms with Crippen LogP contribution in [0.2, 0.25) is 0 Å². The first-order valence-corrected chi connectivity index (χ1v) is 8.23. The lowest BCUT2D eigenvalue weighted by Gasteiger charge is -2.15. The van der Waals surface area contributed by atoms with Gasteiger partial charge in [0.05, 0.1) is 17.1 Å². The molecule has 0 saturated carbocycles. The average Bonchev–Trinajstić information content (AvgIpc) is 2.44. The van der Waals surface area contributed by atoms with Crippen molar-refractivity contribution in [3.05, 3.63) is 24.3 Å². The van der Waals surface area contributed by atoms with Crippen LogP contribution in [0.5, 0.6) is 0 Å². The van der Waals surface area contributed by atoms with Crippen molar-refractivity contribution < 1.29 is 14.3 Å². The van der Waals surface area contributed by atoms with Crippen LogP contribution in [0.15, 0.2) is 24.3 Å². The lowest BCUT2D eigenvalue weighted by atomic mass is 10.2. The van der Waals surface area contributed by atoms with E-state index in [9.17, 15) is 9.59 Å². The maximum atomic E-state index is 12.1. The summed E-state index contributed by atoms with van der Waals surface area (Å²) in [7, 11) is 3.92. The molecule has 5 nitrogen and oxygen atoms in total. The quantitative estimate of drug-likeness (QED) is 0.782. The molecule has 22 heavy (non-hydrogen) atoms. The molecule has 122 valence electrons. The second-order valence-electron chi connectivity index (χ2n) is 5.42. The minimum Gasteiger partial charge on any atom is -0.462 e. The Morgan fingerprint density at radius 2 is 1.77 bits per heavy atom. The first-order chi connectivity index (χ1) is 10.3. The highest BCUT2D eigenvalue weighted by Gasteiger charge is 2.16. The second kappa shape index (κ2) is 8.68. The maximum Gasteiger partial charge on any atom is 0.316 e. The SMILES string of the molecule is CC(C)OC(=O)CSC(C)C(=O)Nc1ccc(N(C)C)cc1. The third kappa shape index (κ3) is 6.39. The topological polar surface area (TPSA) is 58.6 Å². The van der Waals surface area contributed by atoms with E-state index in [-0.39, 0.29) is 29.0 Å². The molecule has 0 saturated heterocycles. The summed E-state index contributed by atoms with van der Waals surface area (Å²) in [6.45, 7) is 5.38. The van der Waals surface area contributed by atoms with Crippen molar-refractivity contribution in [2.24, 2.45) is 0 Å². The standard InChI is InChI=1S/C16H24N2O3S/c1-11(2)21-15(19)10-22-12(3)16(20)17-13-6-8-14(9-7-13)18(4)5/h6-9,11-12H,10H2,1-5H3,(H,17,20). The molecule has 0 fully saturated rings. The third-order valence-corrected chi connectivity index (χ3v) is 3.96. The number of esters is 1. The summed E-state index contributed by atoms with van der Waals surface area (Å²) in [5.74, 6) is -0.248. The molecule has 1 amide bonds. The Morgan fingerprint density at radius 1 is 1.18 bits per heavy atom. The Balaban J connectivity index is 2.45.